The Labute approximate surface area is 92.5 Å². The molecule has 1 heterocycles. The molecule has 1 aliphatic heterocycles. The van der Waals surface area contributed by atoms with Gasteiger partial charge in [-0.1, -0.05) is 6.92 Å². The zero-order chi connectivity index (χ0) is 12.3. The molecular weight excluding hydrogens is 220 g/mol. The van der Waals surface area contributed by atoms with Crippen LogP contribution >= 0.6 is 0 Å². The molecule has 6 heteroatoms. The third kappa shape index (κ3) is 2.49. The number of aliphatic hydroxyl groups excluding tert-OH is 1. The highest BCUT2D eigenvalue weighted by atomic mass is 19.3. The summed E-state index contributed by atoms with van der Waals surface area (Å²) in [7, 11) is 0. The molecule has 1 aliphatic rings. The molecule has 1 N–H and O–H groups in total. The number of alkyl halides is 2. The smallest absolute Gasteiger partial charge is 0.338 e. The number of halogens is 2. The number of hydrogen-bond acceptors (Lipinski definition) is 4. The van der Waals surface area contributed by atoms with E-state index in [9.17, 15) is 18.7 Å². The largest absolute Gasteiger partial charge is 0.506 e. The molecule has 4 nitrogen and oxygen atoms in total. The van der Waals surface area contributed by atoms with E-state index < -0.39 is 24.2 Å². The van der Waals surface area contributed by atoms with E-state index in [0.717, 1.165) is 0 Å². The highest BCUT2D eigenvalue weighted by Crippen LogP contribution is 2.30. The van der Waals surface area contributed by atoms with Crippen molar-refractivity contribution < 1.29 is 23.4 Å². The van der Waals surface area contributed by atoms with Gasteiger partial charge in [0, 0.05) is 6.54 Å². The average molecular weight is 235 g/mol. The predicted octanol–water partition coefficient (Wildman–Crippen LogP) is 1.33. The molecule has 0 unspecified atom stereocenters. The second kappa shape index (κ2) is 4.78. The number of aliphatic hydroxyl groups is 1. The maximum absolute atomic E-state index is 13.3. The first kappa shape index (κ1) is 12.9. The molecule has 16 heavy (non-hydrogen) atoms. The first-order valence-corrected chi connectivity index (χ1v) is 5.12. The highest BCUT2D eigenvalue weighted by Gasteiger charge is 2.44. The van der Waals surface area contributed by atoms with Crippen LogP contribution < -0.4 is 0 Å². The summed E-state index contributed by atoms with van der Waals surface area (Å²) >= 11 is 0. The molecule has 0 aromatic carbocycles. The van der Waals surface area contributed by atoms with Crippen molar-refractivity contribution in [1.29, 1.82) is 0 Å². The Morgan fingerprint density at radius 3 is 2.69 bits per heavy atom. The van der Waals surface area contributed by atoms with Gasteiger partial charge in [-0.3, -0.25) is 4.90 Å². The molecule has 0 amide bonds. The molecule has 0 atom stereocenters. The molecule has 0 radical (unpaired) electrons. The van der Waals surface area contributed by atoms with Crippen LogP contribution in [0.2, 0.25) is 0 Å². The summed E-state index contributed by atoms with van der Waals surface area (Å²) < 4.78 is 31.3. The minimum absolute atomic E-state index is 0.00322. The summed E-state index contributed by atoms with van der Waals surface area (Å²) in [5.74, 6) is -5.41. The van der Waals surface area contributed by atoms with Crippen molar-refractivity contribution >= 4 is 5.97 Å². The SMILES string of the molecule is CCOC(=O)C1=C(O)C(F)(F)CN(CC)C1. The topological polar surface area (TPSA) is 49.8 Å². The van der Waals surface area contributed by atoms with E-state index in [1.165, 1.54) is 4.90 Å². The summed E-state index contributed by atoms with van der Waals surface area (Å²) in [4.78, 5) is 12.7. The van der Waals surface area contributed by atoms with E-state index >= 15 is 0 Å². The Balaban J connectivity index is 2.98. The van der Waals surface area contributed by atoms with Gasteiger partial charge in [-0.2, -0.15) is 8.78 Å². The Morgan fingerprint density at radius 1 is 1.56 bits per heavy atom. The molecule has 1 rings (SSSR count). The molecule has 0 aromatic heterocycles. The van der Waals surface area contributed by atoms with Crippen molar-refractivity contribution in [2.45, 2.75) is 19.8 Å². The summed E-state index contributed by atoms with van der Waals surface area (Å²) in [5, 5.41) is 9.31. The first-order chi connectivity index (χ1) is 7.42. The van der Waals surface area contributed by atoms with E-state index in [4.69, 9.17) is 0 Å². The predicted molar refractivity (Wildman–Crippen MR) is 53.3 cm³/mol. The molecular formula is C10H15F2NO3. The fraction of sp³-hybridized carbons (Fsp3) is 0.700. The maximum Gasteiger partial charge on any atom is 0.338 e. The van der Waals surface area contributed by atoms with Crippen molar-refractivity contribution in [3.63, 3.8) is 0 Å². The van der Waals surface area contributed by atoms with Crippen LogP contribution in [0.15, 0.2) is 11.3 Å². The van der Waals surface area contributed by atoms with Gasteiger partial charge in [0.05, 0.1) is 18.7 Å². The zero-order valence-electron chi connectivity index (χ0n) is 9.30. The van der Waals surface area contributed by atoms with Crippen LogP contribution in [0.1, 0.15) is 13.8 Å². The van der Waals surface area contributed by atoms with E-state index in [2.05, 4.69) is 4.74 Å². The van der Waals surface area contributed by atoms with Gasteiger partial charge < -0.3 is 9.84 Å². The van der Waals surface area contributed by atoms with Gasteiger partial charge in [-0.05, 0) is 13.5 Å². The second-order valence-electron chi connectivity index (χ2n) is 3.56. The molecule has 0 aromatic rings. The van der Waals surface area contributed by atoms with Crippen LogP contribution in [0.25, 0.3) is 0 Å². The van der Waals surface area contributed by atoms with Crippen LogP contribution in [-0.2, 0) is 9.53 Å². The molecule has 0 spiro atoms. The number of carbonyl (C=O) groups excluding carboxylic acids is 1. The number of hydrogen-bond donors (Lipinski definition) is 1. The van der Waals surface area contributed by atoms with E-state index in [1.54, 1.807) is 13.8 Å². The van der Waals surface area contributed by atoms with Crippen LogP contribution in [0.4, 0.5) is 8.78 Å². The molecule has 92 valence electrons. The first-order valence-electron chi connectivity index (χ1n) is 5.12. The number of esters is 1. The fourth-order valence-corrected chi connectivity index (χ4v) is 1.53. The zero-order valence-corrected chi connectivity index (χ0v) is 9.30. The fourth-order valence-electron chi connectivity index (χ4n) is 1.53. The van der Waals surface area contributed by atoms with Crippen molar-refractivity contribution in [3.05, 3.63) is 11.3 Å². The van der Waals surface area contributed by atoms with Gasteiger partial charge in [0.25, 0.3) is 0 Å². The Kier molecular flexibility index (Phi) is 3.85. The van der Waals surface area contributed by atoms with Gasteiger partial charge in [-0.25, -0.2) is 4.79 Å². The lowest BCUT2D eigenvalue weighted by Gasteiger charge is -2.32. The Morgan fingerprint density at radius 2 is 2.19 bits per heavy atom. The summed E-state index contributed by atoms with van der Waals surface area (Å²) in [6.07, 6.45) is 0. The summed E-state index contributed by atoms with van der Waals surface area (Å²) in [6.45, 7) is 3.18. The third-order valence-electron chi connectivity index (χ3n) is 2.41. The van der Waals surface area contributed by atoms with Gasteiger partial charge in [0.1, 0.15) is 0 Å². The van der Waals surface area contributed by atoms with E-state index in [0.29, 0.717) is 6.54 Å². The quantitative estimate of drug-likeness (QED) is 0.750. The van der Waals surface area contributed by atoms with Crippen LogP contribution in [0.5, 0.6) is 0 Å². The van der Waals surface area contributed by atoms with Gasteiger partial charge in [-0.15, -0.1) is 0 Å². The highest BCUT2D eigenvalue weighted by molar-refractivity contribution is 5.90. The Bertz CT molecular complexity index is 315. The maximum atomic E-state index is 13.3. The Hall–Kier alpha value is -1.17. The number of carbonyl (C=O) groups is 1. The van der Waals surface area contributed by atoms with E-state index in [-0.39, 0.29) is 18.7 Å². The van der Waals surface area contributed by atoms with Gasteiger partial charge >= 0.3 is 11.9 Å². The average Bonchev–Trinajstić information content (AvgIpc) is 2.22. The lowest BCUT2D eigenvalue weighted by molar-refractivity contribution is -0.140. The minimum atomic E-state index is -3.38. The van der Waals surface area contributed by atoms with Crippen LogP contribution in [0.3, 0.4) is 0 Å². The number of likely N-dealkylation sites (N-methyl/N-ethyl adjacent to an activating group) is 1. The standard InChI is InChI=1S/C10H15F2NO3/c1-3-13-5-7(9(15)16-4-2)8(14)10(11,12)6-13/h14H,3-6H2,1-2H3. The number of ether oxygens (including phenoxy) is 1. The monoisotopic (exact) mass is 235 g/mol. The number of nitrogens with zero attached hydrogens (tertiary/aromatic N) is 1. The molecule has 0 fully saturated rings. The second-order valence-corrected chi connectivity index (χ2v) is 3.56. The van der Waals surface area contributed by atoms with Crippen molar-refractivity contribution in [2.24, 2.45) is 0 Å². The molecule has 0 saturated heterocycles. The molecule has 0 aliphatic carbocycles. The van der Waals surface area contributed by atoms with Crippen molar-refractivity contribution in [3.8, 4) is 0 Å². The van der Waals surface area contributed by atoms with E-state index in [1.807, 2.05) is 0 Å². The van der Waals surface area contributed by atoms with Crippen molar-refractivity contribution in [2.75, 3.05) is 26.2 Å². The lowest BCUT2D eigenvalue weighted by atomic mass is 10.0. The van der Waals surface area contributed by atoms with Gasteiger partial charge in [0.2, 0.25) is 0 Å². The van der Waals surface area contributed by atoms with Crippen molar-refractivity contribution in [1.82, 2.24) is 4.90 Å². The summed E-state index contributed by atoms with van der Waals surface area (Å²) in [6, 6.07) is 0. The lowest BCUT2D eigenvalue weighted by Crippen LogP contribution is -2.46. The summed E-state index contributed by atoms with van der Waals surface area (Å²) in [5.41, 5.74) is -0.347. The molecule has 0 bridgehead atoms. The van der Waals surface area contributed by atoms with Gasteiger partial charge in [0.15, 0.2) is 5.76 Å². The van der Waals surface area contributed by atoms with Crippen LogP contribution in [-0.4, -0.2) is 48.1 Å². The third-order valence-corrected chi connectivity index (χ3v) is 2.41. The normalized spacial score (nSPS) is 21.0. The van der Waals surface area contributed by atoms with Crippen LogP contribution in [0, 0.1) is 0 Å². The molecule has 0 saturated carbocycles. The number of rotatable bonds is 3. The minimum Gasteiger partial charge on any atom is -0.506 e.